The minimum absolute atomic E-state index is 0.879. The highest BCUT2D eigenvalue weighted by atomic mass is 32.2. The lowest BCUT2D eigenvalue weighted by molar-refractivity contribution is -0.659. The molecule has 2 heterocycles. The Morgan fingerprint density at radius 1 is 0.848 bits per heavy atom. The zero-order chi connectivity index (χ0) is 22.1. The molecule has 162 valence electrons. The fourth-order valence-corrected chi connectivity index (χ4v) is 7.63. The van der Waals surface area contributed by atoms with Crippen LogP contribution in [0.25, 0.3) is 43.6 Å². The molecule has 1 aliphatic heterocycles. The maximum Gasteiger partial charge on any atom is 0.222 e. The summed E-state index contributed by atoms with van der Waals surface area (Å²) in [5, 5.41) is 8.25. The van der Waals surface area contributed by atoms with Crippen LogP contribution in [0.5, 0.6) is 0 Å². The third-order valence-corrected chi connectivity index (χ3v) is 9.08. The maximum absolute atomic E-state index is 2.47. The Balaban J connectivity index is 1.49. The smallest absolute Gasteiger partial charge is 0.200 e. The Bertz CT molecular complexity index is 1590. The van der Waals surface area contributed by atoms with Gasteiger partial charge in [0, 0.05) is 21.2 Å². The van der Waals surface area contributed by atoms with E-state index in [1.807, 2.05) is 11.8 Å². The highest BCUT2D eigenvalue weighted by molar-refractivity contribution is 7.99. The van der Waals surface area contributed by atoms with E-state index in [4.69, 9.17) is 0 Å². The van der Waals surface area contributed by atoms with Crippen molar-refractivity contribution in [3.63, 3.8) is 0 Å². The van der Waals surface area contributed by atoms with Gasteiger partial charge in [-0.15, -0.1) is 0 Å². The highest BCUT2D eigenvalue weighted by Crippen LogP contribution is 2.50. The molecule has 4 aromatic carbocycles. The number of fused-ring (bicyclic) bond motifs is 5. The van der Waals surface area contributed by atoms with E-state index < -0.39 is 0 Å². The van der Waals surface area contributed by atoms with Crippen molar-refractivity contribution in [1.82, 2.24) is 0 Å². The number of pyridine rings is 1. The first-order valence-corrected chi connectivity index (χ1v) is 13.1. The third kappa shape index (κ3) is 2.97. The average Bonchev–Trinajstić information content (AvgIpc) is 3.33. The van der Waals surface area contributed by atoms with Crippen LogP contribution in [0.2, 0.25) is 0 Å². The minimum Gasteiger partial charge on any atom is -0.200 e. The van der Waals surface area contributed by atoms with Crippen molar-refractivity contribution in [2.45, 2.75) is 48.8 Å². The van der Waals surface area contributed by atoms with Crippen LogP contribution in [0, 0.1) is 12.8 Å². The summed E-state index contributed by atoms with van der Waals surface area (Å²) >= 11 is 1.95. The number of benzene rings is 4. The highest BCUT2D eigenvalue weighted by Gasteiger charge is 2.30. The molecule has 1 fully saturated rings. The summed E-state index contributed by atoms with van der Waals surface area (Å²) in [7, 11) is 2.20. The largest absolute Gasteiger partial charge is 0.222 e. The van der Waals surface area contributed by atoms with Crippen LogP contribution in [-0.2, 0) is 13.5 Å². The van der Waals surface area contributed by atoms with Crippen LogP contribution in [0.4, 0.5) is 0 Å². The van der Waals surface area contributed by atoms with Gasteiger partial charge in [0.05, 0.1) is 10.9 Å². The molecule has 0 unspecified atom stereocenters. The Morgan fingerprint density at radius 2 is 1.67 bits per heavy atom. The molecule has 7 rings (SSSR count). The molecule has 0 spiro atoms. The summed E-state index contributed by atoms with van der Waals surface area (Å²) in [6.07, 6.45) is 9.12. The van der Waals surface area contributed by atoms with Crippen LogP contribution in [-0.4, -0.2) is 0 Å². The van der Waals surface area contributed by atoms with Crippen LogP contribution in [0.15, 0.2) is 76.7 Å². The second-order valence-corrected chi connectivity index (χ2v) is 11.1. The molecule has 0 N–H and O–H groups in total. The number of aryl methyl sites for hydroxylation is 2. The summed E-state index contributed by atoms with van der Waals surface area (Å²) in [5.41, 5.74) is 5.65. The molecule has 0 atom stereocenters. The molecule has 0 amide bonds. The molecule has 1 nitrogen and oxygen atoms in total. The summed E-state index contributed by atoms with van der Waals surface area (Å²) in [6, 6.07) is 23.2. The van der Waals surface area contributed by atoms with Crippen molar-refractivity contribution in [3.05, 3.63) is 78.0 Å². The number of aromatic nitrogens is 1. The van der Waals surface area contributed by atoms with Gasteiger partial charge in [0.2, 0.25) is 5.69 Å². The van der Waals surface area contributed by atoms with E-state index in [-0.39, 0.29) is 0 Å². The second kappa shape index (κ2) is 7.33. The molecule has 5 aromatic rings. The van der Waals surface area contributed by atoms with Gasteiger partial charge in [-0.25, -0.2) is 4.57 Å². The molecule has 33 heavy (non-hydrogen) atoms. The van der Waals surface area contributed by atoms with Gasteiger partial charge < -0.3 is 0 Å². The standard InChI is InChI=1S/C31H28NS/c1-19-24-10-6-5-9-22(24)17-27-29(19)31-30-26(13-14-32(31)2)25-12-11-21(15-20-7-3-4-8-20)16-23(25)18-28(30)33-27/h5-6,9-14,16-18,20H,3-4,7-8,15H2,1-2H3/q+1. The zero-order valence-electron chi connectivity index (χ0n) is 19.3. The lowest BCUT2D eigenvalue weighted by Gasteiger charge is -2.22. The summed E-state index contributed by atoms with van der Waals surface area (Å²) in [6.45, 7) is 2.29. The lowest BCUT2D eigenvalue weighted by Crippen LogP contribution is -2.31. The first-order valence-electron chi connectivity index (χ1n) is 12.3. The zero-order valence-corrected chi connectivity index (χ0v) is 20.1. The Kier molecular flexibility index (Phi) is 4.36. The first kappa shape index (κ1) is 19.6. The number of hydrogen-bond donors (Lipinski definition) is 0. The van der Waals surface area contributed by atoms with Crippen LogP contribution < -0.4 is 4.57 Å². The van der Waals surface area contributed by atoms with E-state index in [2.05, 4.69) is 85.4 Å². The lowest BCUT2D eigenvalue weighted by atomic mass is 9.91. The monoisotopic (exact) mass is 446 g/mol. The molecule has 1 aromatic heterocycles. The van der Waals surface area contributed by atoms with Gasteiger partial charge in [0.25, 0.3) is 0 Å². The Morgan fingerprint density at radius 3 is 2.55 bits per heavy atom. The van der Waals surface area contributed by atoms with Crippen molar-refractivity contribution in [2.75, 3.05) is 0 Å². The molecule has 1 saturated carbocycles. The van der Waals surface area contributed by atoms with Crippen LogP contribution >= 0.6 is 11.8 Å². The topological polar surface area (TPSA) is 3.88 Å². The van der Waals surface area contributed by atoms with Gasteiger partial charge in [0.15, 0.2) is 6.20 Å². The minimum atomic E-state index is 0.879. The van der Waals surface area contributed by atoms with Gasteiger partial charge in [-0.2, -0.15) is 0 Å². The number of rotatable bonds is 2. The van der Waals surface area contributed by atoms with E-state index >= 15 is 0 Å². The second-order valence-electron chi connectivity index (χ2n) is 10.0. The molecule has 2 aliphatic rings. The van der Waals surface area contributed by atoms with Crippen molar-refractivity contribution >= 4 is 44.1 Å². The average molecular weight is 447 g/mol. The van der Waals surface area contributed by atoms with Crippen molar-refractivity contribution in [3.8, 4) is 11.3 Å². The fraction of sp³-hybridized carbons (Fsp3) is 0.258. The quantitative estimate of drug-likeness (QED) is 0.192. The predicted molar refractivity (Wildman–Crippen MR) is 140 cm³/mol. The molecule has 2 heteroatoms. The van der Waals surface area contributed by atoms with Crippen molar-refractivity contribution < 1.29 is 4.57 Å². The SMILES string of the molecule is Cc1c2c(cc3ccccc13)Sc1cc3cc(CC4CCCC4)ccc3c3cc[n+](C)c-2c13. The van der Waals surface area contributed by atoms with Crippen LogP contribution in [0.3, 0.4) is 0 Å². The molecular weight excluding hydrogens is 418 g/mol. The Hall–Kier alpha value is -2.84. The van der Waals surface area contributed by atoms with Gasteiger partial charge in [-0.1, -0.05) is 79.9 Å². The number of hydrogen-bond acceptors (Lipinski definition) is 1. The van der Waals surface area contributed by atoms with Gasteiger partial charge in [-0.3, -0.25) is 0 Å². The predicted octanol–water partition coefficient (Wildman–Crippen LogP) is 8.14. The van der Waals surface area contributed by atoms with Crippen molar-refractivity contribution in [2.24, 2.45) is 13.0 Å². The maximum atomic E-state index is 2.47. The van der Waals surface area contributed by atoms with E-state index in [0.717, 1.165) is 5.92 Å². The van der Waals surface area contributed by atoms with Crippen molar-refractivity contribution in [1.29, 1.82) is 0 Å². The Labute approximate surface area is 199 Å². The molecule has 0 bridgehead atoms. The molecular formula is C31H28NS+. The van der Waals surface area contributed by atoms with Gasteiger partial charge in [-0.05, 0) is 64.1 Å². The van der Waals surface area contributed by atoms with Gasteiger partial charge in [0.1, 0.15) is 7.05 Å². The van der Waals surface area contributed by atoms with Crippen LogP contribution in [0.1, 0.15) is 36.8 Å². The number of nitrogens with zero attached hydrogens (tertiary/aromatic N) is 1. The summed E-state index contributed by atoms with van der Waals surface area (Å²) < 4.78 is 2.33. The normalized spacial score (nSPS) is 15.6. The van der Waals surface area contributed by atoms with E-state index in [1.165, 1.54) is 96.6 Å². The fourth-order valence-electron chi connectivity index (χ4n) is 6.36. The molecule has 0 radical (unpaired) electrons. The third-order valence-electron chi connectivity index (χ3n) is 7.99. The van der Waals surface area contributed by atoms with Gasteiger partial charge >= 0.3 is 0 Å². The molecule has 1 aliphatic carbocycles. The summed E-state index contributed by atoms with van der Waals surface area (Å²) in [4.78, 5) is 2.77. The summed E-state index contributed by atoms with van der Waals surface area (Å²) in [5.74, 6) is 0.879. The first-order chi connectivity index (χ1) is 16.2. The van der Waals surface area contributed by atoms with E-state index in [1.54, 1.807) is 0 Å². The van der Waals surface area contributed by atoms with E-state index in [0.29, 0.717) is 0 Å². The molecule has 0 saturated heterocycles. The van der Waals surface area contributed by atoms with E-state index in [9.17, 15) is 0 Å².